The summed E-state index contributed by atoms with van der Waals surface area (Å²) in [4.78, 5) is 10.1. The molecule has 0 radical (unpaired) electrons. The van der Waals surface area contributed by atoms with Crippen LogP contribution in [0.2, 0.25) is 0 Å². The van der Waals surface area contributed by atoms with E-state index in [4.69, 9.17) is 0 Å². The second kappa shape index (κ2) is 8.11. The Labute approximate surface area is 178 Å². The van der Waals surface area contributed by atoms with Crippen LogP contribution in [0.15, 0.2) is 52.5 Å². The zero-order valence-corrected chi connectivity index (χ0v) is 17.0. The number of carbonyl (C=O) groups is 1. The lowest BCUT2D eigenvalue weighted by Gasteiger charge is -2.19. The van der Waals surface area contributed by atoms with E-state index < -0.39 is 38.4 Å². The monoisotopic (exact) mass is 479 g/mol. The Morgan fingerprint density at radius 2 is 1.50 bits per heavy atom. The van der Waals surface area contributed by atoms with E-state index in [1.807, 2.05) is 4.72 Å². The molecular formula is C19H15F6N3O3S. The quantitative estimate of drug-likeness (QED) is 0.638. The molecule has 0 saturated carbocycles. The topological polar surface area (TPSA) is 87.6 Å². The van der Waals surface area contributed by atoms with Crippen LogP contribution in [-0.2, 0) is 27.2 Å². The molecule has 1 heterocycles. The van der Waals surface area contributed by atoms with Crippen molar-refractivity contribution in [2.24, 2.45) is 11.0 Å². The molecule has 0 saturated heterocycles. The molecule has 2 aromatic carbocycles. The van der Waals surface area contributed by atoms with Crippen molar-refractivity contribution in [1.29, 1.82) is 0 Å². The predicted molar refractivity (Wildman–Crippen MR) is 102 cm³/mol. The van der Waals surface area contributed by atoms with Crippen LogP contribution >= 0.6 is 0 Å². The van der Waals surface area contributed by atoms with E-state index in [1.54, 1.807) is 6.92 Å². The largest absolute Gasteiger partial charge is 0.416 e. The van der Waals surface area contributed by atoms with Crippen LogP contribution in [0.1, 0.15) is 30.0 Å². The van der Waals surface area contributed by atoms with Crippen molar-refractivity contribution in [3.05, 3.63) is 59.2 Å². The molecule has 32 heavy (non-hydrogen) atoms. The van der Waals surface area contributed by atoms with Crippen molar-refractivity contribution in [1.82, 2.24) is 5.43 Å². The molecule has 0 aromatic heterocycles. The number of hydrogen-bond acceptors (Lipinski definition) is 4. The Kier molecular flexibility index (Phi) is 5.98. The number of alkyl halides is 6. The number of rotatable bonds is 4. The number of amides is 1. The van der Waals surface area contributed by atoms with E-state index in [1.165, 1.54) is 24.3 Å². The second-order valence-electron chi connectivity index (χ2n) is 7.06. The number of nitrogens with one attached hydrogen (secondary N) is 2. The van der Waals surface area contributed by atoms with Gasteiger partial charge in [0.1, 0.15) is 0 Å². The molecule has 0 bridgehead atoms. The van der Waals surface area contributed by atoms with E-state index in [0.717, 1.165) is 0 Å². The minimum absolute atomic E-state index is 0.0900. The maximum Gasteiger partial charge on any atom is 0.416 e. The standard InChI is InChI=1S/C19H15F6N3O3S/c1-10-6-16(29)26-27-17(10)11-2-4-14(5-3-11)28-32(30,31)15-8-12(18(20,21)22)7-13(9-15)19(23,24)25/h2-5,7-10,28H,6H2,1H3,(H,26,29). The zero-order chi connectivity index (χ0) is 23.9. The van der Waals surface area contributed by atoms with Gasteiger partial charge in [-0.15, -0.1) is 0 Å². The van der Waals surface area contributed by atoms with Crippen molar-refractivity contribution in [3.63, 3.8) is 0 Å². The average molecular weight is 479 g/mol. The molecule has 0 spiro atoms. The third kappa shape index (κ3) is 5.21. The van der Waals surface area contributed by atoms with Crippen LogP contribution < -0.4 is 10.1 Å². The number of benzene rings is 2. The zero-order valence-electron chi connectivity index (χ0n) is 16.2. The number of nitrogens with zero attached hydrogens (tertiary/aromatic N) is 1. The van der Waals surface area contributed by atoms with Crippen molar-refractivity contribution in [2.75, 3.05) is 4.72 Å². The average Bonchev–Trinajstić information content (AvgIpc) is 2.67. The van der Waals surface area contributed by atoms with Gasteiger partial charge in [0.2, 0.25) is 5.91 Å². The van der Waals surface area contributed by atoms with Crippen molar-refractivity contribution >= 4 is 27.3 Å². The number of carbonyl (C=O) groups excluding carboxylic acids is 1. The van der Waals surface area contributed by atoms with Gasteiger partial charge in [0.25, 0.3) is 10.0 Å². The van der Waals surface area contributed by atoms with Gasteiger partial charge in [0.05, 0.1) is 21.7 Å². The lowest BCUT2D eigenvalue weighted by molar-refractivity contribution is -0.143. The third-order valence-corrected chi connectivity index (χ3v) is 5.92. The fourth-order valence-electron chi connectivity index (χ4n) is 3.01. The van der Waals surface area contributed by atoms with Crippen LogP contribution in [0.3, 0.4) is 0 Å². The molecule has 3 rings (SSSR count). The fraction of sp³-hybridized carbons (Fsp3) is 0.263. The molecule has 13 heteroatoms. The van der Waals surface area contributed by atoms with E-state index in [0.29, 0.717) is 11.3 Å². The maximum atomic E-state index is 13.0. The first-order chi connectivity index (χ1) is 14.7. The number of sulfonamides is 1. The summed E-state index contributed by atoms with van der Waals surface area (Å²) < 4.78 is 105. The molecule has 0 aliphatic carbocycles. The molecule has 172 valence electrons. The van der Waals surface area contributed by atoms with Crippen LogP contribution in [0.25, 0.3) is 0 Å². The molecule has 1 unspecified atom stereocenters. The third-order valence-electron chi connectivity index (χ3n) is 4.56. The number of halogens is 6. The van der Waals surface area contributed by atoms with Gasteiger partial charge in [-0.25, -0.2) is 13.8 Å². The Morgan fingerprint density at radius 1 is 0.969 bits per heavy atom. The summed E-state index contributed by atoms with van der Waals surface area (Å²) in [6, 6.07) is 5.57. The smallest absolute Gasteiger partial charge is 0.280 e. The van der Waals surface area contributed by atoms with Crippen LogP contribution in [0, 0.1) is 5.92 Å². The normalized spacial score (nSPS) is 17.5. The van der Waals surface area contributed by atoms with E-state index in [9.17, 15) is 39.6 Å². The minimum Gasteiger partial charge on any atom is -0.280 e. The van der Waals surface area contributed by atoms with Gasteiger partial charge in [0, 0.05) is 18.0 Å². The first-order valence-electron chi connectivity index (χ1n) is 8.96. The molecule has 1 aliphatic rings. The van der Waals surface area contributed by atoms with Gasteiger partial charge in [-0.3, -0.25) is 9.52 Å². The predicted octanol–water partition coefficient (Wildman–Crippen LogP) is 4.39. The molecule has 1 aliphatic heterocycles. The Bertz CT molecular complexity index is 1140. The summed E-state index contributed by atoms with van der Waals surface area (Å²) in [6.07, 6.45) is -10.2. The van der Waals surface area contributed by atoms with Gasteiger partial charge in [-0.2, -0.15) is 31.4 Å². The highest BCUT2D eigenvalue weighted by atomic mass is 32.2. The highest BCUT2D eigenvalue weighted by molar-refractivity contribution is 7.92. The Balaban J connectivity index is 1.92. The van der Waals surface area contributed by atoms with E-state index >= 15 is 0 Å². The van der Waals surface area contributed by atoms with Crippen molar-refractivity contribution in [2.45, 2.75) is 30.6 Å². The summed E-state index contributed by atoms with van der Waals surface area (Å²) in [6.45, 7) is 1.76. The van der Waals surface area contributed by atoms with Crippen molar-refractivity contribution in [3.8, 4) is 0 Å². The summed E-state index contributed by atoms with van der Waals surface area (Å²) in [5, 5.41) is 3.94. The van der Waals surface area contributed by atoms with Crippen molar-refractivity contribution < 1.29 is 39.6 Å². The van der Waals surface area contributed by atoms with Crippen LogP contribution in [0.4, 0.5) is 32.0 Å². The Morgan fingerprint density at radius 3 is 1.97 bits per heavy atom. The number of anilines is 1. The fourth-order valence-corrected chi connectivity index (χ4v) is 4.14. The summed E-state index contributed by atoms with van der Waals surface area (Å²) in [5.74, 6) is -0.470. The maximum absolute atomic E-state index is 13.0. The lowest BCUT2D eigenvalue weighted by Crippen LogP contribution is -2.31. The molecule has 0 fully saturated rings. The van der Waals surface area contributed by atoms with Gasteiger partial charge in [-0.1, -0.05) is 19.1 Å². The number of hydrogen-bond donors (Lipinski definition) is 2. The first-order valence-corrected chi connectivity index (χ1v) is 10.4. The van der Waals surface area contributed by atoms with Crippen LogP contribution in [-0.4, -0.2) is 20.0 Å². The van der Waals surface area contributed by atoms with Gasteiger partial charge in [0.15, 0.2) is 0 Å². The first kappa shape index (κ1) is 23.6. The van der Waals surface area contributed by atoms with Gasteiger partial charge >= 0.3 is 12.4 Å². The lowest BCUT2D eigenvalue weighted by atomic mass is 9.94. The molecular weight excluding hydrogens is 464 g/mol. The van der Waals surface area contributed by atoms with Gasteiger partial charge < -0.3 is 0 Å². The second-order valence-corrected chi connectivity index (χ2v) is 8.74. The molecule has 1 amide bonds. The van der Waals surface area contributed by atoms with E-state index in [-0.39, 0.29) is 42.1 Å². The number of hydrazone groups is 1. The molecule has 1 atom stereocenters. The summed E-state index contributed by atoms with van der Waals surface area (Å²) in [7, 11) is -4.77. The summed E-state index contributed by atoms with van der Waals surface area (Å²) in [5.41, 5.74) is -0.160. The Hall–Kier alpha value is -3.09. The molecule has 2 N–H and O–H groups in total. The highest BCUT2D eigenvalue weighted by Crippen LogP contribution is 2.37. The highest BCUT2D eigenvalue weighted by Gasteiger charge is 2.38. The SMILES string of the molecule is CC1CC(=O)NN=C1c1ccc(NS(=O)(=O)c2cc(C(F)(F)F)cc(C(F)(F)F)c2)cc1. The molecule has 6 nitrogen and oxygen atoms in total. The van der Waals surface area contributed by atoms with Gasteiger partial charge in [-0.05, 0) is 35.9 Å². The van der Waals surface area contributed by atoms with E-state index in [2.05, 4.69) is 10.5 Å². The van der Waals surface area contributed by atoms with Crippen LogP contribution in [0.5, 0.6) is 0 Å². The summed E-state index contributed by atoms with van der Waals surface area (Å²) >= 11 is 0. The molecule has 2 aromatic rings. The minimum atomic E-state index is -5.18.